The van der Waals surface area contributed by atoms with E-state index in [0.717, 1.165) is 31.5 Å². The molecule has 0 saturated carbocycles. The molecule has 1 fully saturated rings. The minimum atomic E-state index is -3.63. The molecule has 1 aromatic carbocycles. The van der Waals surface area contributed by atoms with Crippen LogP contribution in [0.5, 0.6) is 0 Å². The number of halogens is 1. The number of thiazole rings is 1. The normalized spacial score (nSPS) is 16.8. The van der Waals surface area contributed by atoms with Crippen LogP contribution < -0.4 is 10.0 Å². The summed E-state index contributed by atoms with van der Waals surface area (Å²) in [5.74, 6) is 0. The molecule has 144 valence electrons. The predicted octanol–water partition coefficient (Wildman–Crippen LogP) is 2.53. The summed E-state index contributed by atoms with van der Waals surface area (Å²) < 4.78 is 33.4. The highest BCUT2D eigenvalue weighted by atomic mass is 35.5. The van der Waals surface area contributed by atoms with Crippen LogP contribution >= 0.6 is 23.7 Å². The van der Waals surface area contributed by atoms with Gasteiger partial charge in [0.15, 0.2) is 5.03 Å². The molecule has 1 aliphatic heterocycles. The first-order chi connectivity index (χ1) is 12.0. The third-order valence-electron chi connectivity index (χ3n) is 4.53. The highest BCUT2D eigenvalue weighted by Crippen LogP contribution is 2.29. The lowest BCUT2D eigenvalue weighted by atomic mass is 9.80. The molecule has 0 radical (unpaired) electrons. The lowest BCUT2D eigenvalue weighted by molar-refractivity contribution is 0.0577. The molecule has 2 N–H and O–H groups in total. The Hall–Kier alpha value is -1.03. The summed E-state index contributed by atoms with van der Waals surface area (Å²) in [6.07, 6.45) is 1.77. The van der Waals surface area contributed by atoms with Crippen LogP contribution in [0.2, 0.25) is 0 Å². The van der Waals surface area contributed by atoms with Gasteiger partial charge in [-0.3, -0.25) is 0 Å². The Kier molecular flexibility index (Phi) is 7.57. The molecule has 2 aromatic rings. The summed E-state index contributed by atoms with van der Waals surface area (Å²) in [5, 5.41) is 5.68. The maximum Gasteiger partial charge on any atom is 0.258 e. The fourth-order valence-corrected chi connectivity index (χ4v) is 5.31. The van der Waals surface area contributed by atoms with Gasteiger partial charge in [0.2, 0.25) is 0 Å². The molecule has 9 heteroatoms. The smallest absolute Gasteiger partial charge is 0.258 e. The highest BCUT2D eigenvalue weighted by Gasteiger charge is 2.34. The molecule has 3 rings (SSSR count). The molecule has 0 spiro atoms. The van der Waals surface area contributed by atoms with Crippen molar-refractivity contribution in [3.8, 4) is 10.6 Å². The van der Waals surface area contributed by atoms with E-state index < -0.39 is 10.0 Å². The molecule has 0 amide bonds. The quantitative estimate of drug-likeness (QED) is 0.723. The Morgan fingerprint density at radius 3 is 2.62 bits per heavy atom. The maximum absolute atomic E-state index is 12.6. The first kappa shape index (κ1) is 21.3. The second-order valence-corrected chi connectivity index (χ2v) is 8.94. The molecule has 2 heterocycles. The summed E-state index contributed by atoms with van der Waals surface area (Å²) in [6.45, 7) is 2.66. The van der Waals surface area contributed by atoms with Gasteiger partial charge in [-0.1, -0.05) is 30.3 Å². The van der Waals surface area contributed by atoms with Gasteiger partial charge in [0.25, 0.3) is 10.0 Å². The number of methoxy groups -OCH3 is 1. The topological polar surface area (TPSA) is 80.3 Å². The molecule has 1 aliphatic rings. The number of piperidine rings is 1. The number of nitrogens with zero attached hydrogens (tertiary/aromatic N) is 1. The number of aromatic nitrogens is 1. The number of benzene rings is 1. The third-order valence-corrected chi connectivity index (χ3v) is 6.86. The van der Waals surface area contributed by atoms with Crippen LogP contribution in [0.3, 0.4) is 0 Å². The lowest BCUT2D eigenvalue weighted by Crippen LogP contribution is -2.47. The van der Waals surface area contributed by atoms with Gasteiger partial charge in [-0.05, 0) is 25.9 Å². The number of hydrogen-bond acceptors (Lipinski definition) is 6. The van der Waals surface area contributed by atoms with E-state index in [1.807, 2.05) is 30.3 Å². The van der Waals surface area contributed by atoms with Crippen molar-refractivity contribution >= 4 is 33.8 Å². The monoisotopic (exact) mass is 417 g/mol. The molecule has 0 atom stereocenters. The minimum Gasteiger partial charge on any atom is -0.384 e. The summed E-state index contributed by atoms with van der Waals surface area (Å²) >= 11 is 1.34. The van der Waals surface area contributed by atoms with E-state index in [0.29, 0.717) is 18.2 Å². The average molecular weight is 418 g/mol. The Morgan fingerprint density at radius 1 is 1.27 bits per heavy atom. The van der Waals surface area contributed by atoms with Gasteiger partial charge in [0, 0.05) is 30.0 Å². The first-order valence-corrected chi connectivity index (χ1v) is 10.6. The number of ether oxygens (including phenoxy) is 1. The van der Waals surface area contributed by atoms with E-state index in [2.05, 4.69) is 15.0 Å². The molecule has 0 bridgehead atoms. The predicted molar refractivity (Wildman–Crippen MR) is 106 cm³/mol. The molecule has 1 aromatic heterocycles. The summed E-state index contributed by atoms with van der Waals surface area (Å²) in [6, 6.07) is 9.59. The average Bonchev–Trinajstić information content (AvgIpc) is 3.13. The van der Waals surface area contributed by atoms with Crippen molar-refractivity contribution in [2.24, 2.45) is 5.41 Å². The molecule has 26 heavy (non-hydrogen) atoms. The van der Waals surface area contributed by atoms with E-state index in [4.69, 9.17) is 4.74 Å². The van der Waals surface area contributed by atoms with E-state index >= 15 is 0 Å². The van der Waals surface area contributed by atoms with Crippen molar-refractivity contribution < 1.29 is 13.2 Å². The Morgan fingerprint density at radius 2 is 1.96 bits per heavy atom. The number of rotatable bonds is 7. The third kappa shape index (κ3) is 5.03. The van der Waals surface area contributed by atoms with Crippen molar-refractivity contribution in [2.45, 2.75) is 17.9 Å². The molecular weight excluding hydrogens is 394 g/mol. The summed E-state index contributed by atoms with van der Waals surface area (Å²) in [7, 11) is -1.97. The van der Waals surface area contributed by atoms with Crippen LogP contribution in [-0.4, -0.2) is 46.8 Å². The van der Waals surface area contributed by atoms with Gasteiger partial charge in [-0.2, -0.15) is 0 Å². The SMILES string of the molecule is COCC1(CNS(=O)(=O)c2csc(-c3ccccc3)n2)CCNCC1.Cl. The second-order valence-electron chi connectivity index (χ2n) is 6.36. The zero-order chi connectivity index (χ0) is 17.8. The zero-order valence-corrected chi connectivity index (χ0v) is 17.1. The van der Waals surface area contributed by atoms with Crippen molar-refractivity contribution in [3.05, 3.63) is 35.7 Å². The second kappa shape index (κ2) is 9.25. The summed E-state index contributed by atoms with van der Waals surface area (Å²) in [5.41, 5.74) is 0.758. The van der Waals surface area contributed by atoms with Gasteiger partial charge in [-0.15, -0.1) is 23.7 Å². The van der Waals surface area contributed by atoms with Gasteiger partial charge in [0.05, 0.1) is 6.61 Å². The van der Waals surface area contributed by atoms with E-state index in [9.17, 15) is 8.42 Å². The molecule has 0 unspecified atom stereocenters. The number of sulfonamides is 1. The van der Waals surface area contributed by atoms with Crippen molar-refractivity contribution in [3.63, 3.8) is 0 Å². The van der Waals surface area contributed by atoms with Crippen LogP contribution in [-0.2, 0) is 14.8 Å². The van der Waals surface area contributed by atoms with Gasteiger partial charge >= 0.3 is 0 Å². The van der Waals surface area contributed by atoms with Crippen LogP contribution in [0.1, 0.15) is 12.8 Å². The van der Waals surface area contributed by atoms with E-state index in [1.165, 1.54) is 11.3 Å². The summed E-state index contributed by atoms with van der Waals surface area (Å²) in [4.78, 5) is 4.31. The van der Waals surface area contributed by atoms with E-state index in [1.54, 1.807) is 12.5 Å². The van der Waals surface area contributed by atoms with Crippen LogP contribution in [0.25, 0.3) is 10.6 Å². The van der Waals surface area contributed by atoms with Crippen LogP contribution in [0, 0.1) is 5.41 Å². The fourth-order valence-electron chi connectivity index (χ4n) is 3.05. The van der Waals surface area contributed by atoms with Gasteiger partial charge < -0.3 is 10.1 Å². The molecule has 0 aliphatic carbocycles. The Bertz CT molecular complexity index is 785. The van der Waals surface area contributed by atoms with Crippen LogP contribution in [0.4, 0.5) is 0 Å². The maximum atomic E-state index is 12.6. The molecule has 6 nitrogen and oxygen atoms in total. The highest BCUT2D eigenvalue weighted by molar-refractivity contribution is 7.89. The van der Waals surface area contributed by atoms with E-state index in [-0.39, 0.29) is 22.8 Å². The lowest BCUT2D eigenvalue weighted by Gasteiger charge is -2.37. The van der Waals surface area contributed by atoms with Crippen molar-refractivity contribution in [1.82, 2.24) is 15.0 Å². The zero-order valence-electron chi connectivity index (χ0n) is 14.6. The number of hydrogen-bond donors (Lipinski definition) is 2. The first-order valence-electron chi connectivity index (χ1n) is 8.25. The van der Waals surface area contributed by atoms with Gasteiger partial charge in [-0.25, -0.2) is 18.1 Å². The Labute approximate surface area is 164 Å². The molecule has 1 saturated heterocycles. The standard InChI is InChI=1S/C17H23N3O3S2.ClH/c1-23-13-17(7-9-18-10-8-17)12-19-25(21,22)15-11-24-16(20-15)14-5-3-2-4-6-14;/h2-6,11,18-19H,7-10,12-13H2,1H3;1H. The van der Waals surface area contributed by atoms with Crippen LogP contribution in [0.15, 0.2) is 40.7 Å². The molecular formula is C17H24ClN3O3S2. The van der Waals surface area contributed by atoms with Crippen molar-refractivity contribution in [1.29, 1.82) is 0 Å². The fraction of sp³-hybridized carbons (Fsp3) is 0.471. The van der Waals surface area contributed by atoms with Crippen molar-refractivity contribution in [2.75, 3.05) is 33.4 Å². The number of nitrogens with one attached hydrogen (secondary N) is 2. The largest absolute Gasteiger partial charge is 0.384 e. The minimum absolute atomic E-state index is 0. The van der Waals surface area contributed by atoms with Gasteiger partial charge in [0.1, 0.15) is 5.01 Å². The Balaban J connectivity index is 0.00000243.